The van der Waals surface area contributed by atoms with Crippen molar-refractivity contribution in [1.82, 2.24) is 5.32 Å². The van der Waals surface area contributed by atoms with Crippen LogP contribution in [0.3, 0.4) is 0 Å². The Hall–Kier alpha value is -3.59. The molecule has 0 spiro atoms. The van der Waals surface area contributed by atoms with Crippen LogP contribution < -0.4 is 19.7 Å². The highest BCUT2D eigenvalue weighted by Crippen LogP contribution is 2.31. The van der Waals surface area contributed by atoms with Crippen LogP contribution in [0.5, 0.6) is 5.75 Å². The highest BCUT2D eigenvalue weighted by Gasteiger charge is 2.17. The lowest BCUT2D eigenvalue weighted by Gasteiger charge is -2.19. The average Bonchev–Trinajstić information content (AvgIpc) is 2.80. The first-order valence-corrected chi connectivity index (χ1v) is 10.0. The van der Waals surface area contributed by atoms with Crippen molar-refractivity contribution in [1.29, 1.82) is 0 Å². The van der Waals surface area contributed by atoms with E-state index in [1.54, 1.807) is 24.3 Å². The van der Waals surface area contributed by atoms with Gasteiger partial charge in [0.1, 0.15) is 17.4 Å². The molecule has 0 aliphatic heterocycles. The van der Waals surface area contributed by atoms with Crippen molar-refractivity contribution in [3.05, 3.63) is 89.5 Å². The van der Waals surface area contributed by atoms with E-state index in [1.165, 1.54) is 49.6 Å². The molecule has 3 rings (SSSR count). The number of hydrogen-bond acceptors (Lipinski definition) is 4. The number of halogens is 2. The molecule has 32 heavy (non-hydrogen) atoms. The SMILES string of the molecule is COc1cc(N(S)C(=O)NCCc2ccc(F)cc2)ccc1NC(=O)c1ccccc1F. The van der Waals surface area contributed by atoms with E-state index in [9.17, 15) is 18.4 Å². The molecule has 9 heteroatoms. The third kappa shape index (κ3) is 5.76. The fourth-order valence-electron chi connectivity index (χ4n) is 2.91. The summed E-state index contributed by atoms with van der Waals surface area (Å²) in [6, 6.07) is 15.8. The molecule has 2 N–H and O–H groups in total. The Morgan fingerprint density at radius 3 is 2.44 bits per heavy atom. The first-order chi connectivity index (χ1) is 15.4. The predicted molar refractivity (Wildman–Crippen MR) is 122 cm³/mol. The maximum Gasteiger partial charge on any atom is 0.331 e. The van der Waals surface area contributed by atoms with Crippen LogP contribution in [0.1, 0.15) is 15.9 Å². The number of ether oxygens (including phenoxy) is 1. The number of urea groups is 1. The van der Waals surface area contributed by atoms with E-state index in [4.69, 9.17) is 4.74 Å². The normalized spacial score (nSPS) is 10.4. The molecule has 6 nitrogen and oxygen atoms in total. The Bertz CT molecular complexity index is 1110. The summed E-state index contributed by atoms with van der Waals surface area (Å²) in [6.07, 6.45) is 0.526. The van der Waals surface area contributed by atoms with Crippen LogP contribution in [0.4, 0.5) is 25.0 Å². The Kier molecular flexibility index (Phi) is 7.67. The smallest absolute Gasteiger partial charge is 0.331 e. The van der Waals surface area contributed by atoms with E-state index in [-0.39, 0.29) is 17.1 Å². The Labute approximate surface area is 189 Å². The highest BCUT2D eigenvalue weighted by atomic mass is 32.1. The molecular formula is C23H21F2N3O3S. The molecule has 3 aromatic carbocycles. The zero-order chi connectivity index (χ0) is 23.1. The van der Waals surface area contributed by atoms with Gasteiger partial charge in [0.15, 0.2) is 0 Å². The lowest BCUT2D eigenvalue weighted by molar-refractivity contribution is 0.102. The summed E-state index contributed by atoms with van der Waals surface area (Å²) in [5, 5.41) is 5.32. The molecule has 0 atom stereocenters. The van der Waals surface area contributed by atoms with E-state index >= 15 is 0 Å². The van der Waals surface area contributed by atoms with Gasteiger partial charge in [-0.05, 0) is 48.4 Å². The van der Waals surface area contributed by atoms with Gasteiger partial charge < -0.3 is 15.4 Å². The third-order valence-corrected chi connectivity index (χ3v) is 5.00. The van der Waals surface area contributed by atoms with Crippen molar-refractivity contribution in [2.75, 3.05) is 23.3 Å². The fraction of sp³-hybridized carbons (Fsp3) is 0.130. The van der Waals surface area contributed by atoms with Crippen LogP contribution in [0.15, 0.2) is 66.7 Å². The molecule has 0 unspecified atom stereocenters. The molecule has 3 aromatic rings. The first-order valence-electron chi connectivity index (χ1n) is 9.64. The van der Waals surface area contributed by atoms with Crippen LogP contribution in [-0.2, 0) is 6.42 Å². The minimum absolute atomic E-state index is 0.102. The molecule has 0 aliphatic carbocycles. The number of nitrogens with zero attached hydrogens (tertiary/aromatic N) is 1. The lowest BCUT2D eigenvalue weighted by atomic mass is 10.1. The number of nitrogens with one attached hydrogen (secondary N) is 2. The number of rotatable bonds is 7. The van der Waals surface area contributed by atoms with Crippen LogP contribution >= 0.6 is 12.8 Å². The van der Waals surface area contributed by atoms with Gasteiger partial charge in [-0.2, -0.15) is 0 Å². The Morgan fingerprint density at radius 2 is 1.75 bits per heavy atom. The topological polar surface area (TPSA) is 70.7 Å². The quantitative estimate of drug-likeness (QED) is 0.445. The average molecular weight is 458 g/mol. The summed E-state index contributed by atoms with van der Waals surface area (Å²) < 4.78 is 33.2. The fourth-order valence-corrected chi connectivity index (χ4v) is 3.10. The van der Waals surface area contributed by atoms with Crippen LogP contribution in [0, 0.1) is 11.6 Å². The van der Waals surface area contributed by atoms with Gasteiger partial charge in [0.05, 0.1) is 24.0 Å². The Balaban J connectivity index is 1.63. The minimum atomic E-state index is -0.639. The molecule has 3 amide bonds. The number of thiol groups is 1. The van der Waals surface area contributed by atoms with Crippen molar-refractivity contribution in [2.45, 2.75) is 6.42 Å². The van der Waals surface area contributed by atoms with E-state index in [0.717, 1.165) is 9.87 Å². The van der Waals surface area contributed by atoms with Crippen LogP contribution in [0.25, 0.3) is 0 Å². The van der Waals surface area contributed by atoms with E-state index in [0.29, 0.717) is 24.3 Å². The number of benzene rings is 3. The van der Waals surface area contributed by atoms with E-state index in [1.807, 2.05) is 0 Å². The van der Waals surface area contributed by atoms with Crippen LogP contribution in [-0.4, -0.2) is 25.6 Å². The van der Waals surface area contributed by atoms with Crippen molar-refractivity contribution in [2.24, 2.45) is 0 Å². The van der Waals surface area contributed by atoms with Gasteiger partial charge in [-0.25, -0.2) is 17.9 Å². The second kappa shape index (κ2) is 10.6. The minimum Gasteiger partial charge on any atom is -0.494 e. The largest absolute Gasteiger partial charge is 0.494 e. The van der Waals surface area contributed by atoms with Crippen LogP contribution in [0.2, 0.25) is 0 Å². The second-order valence-electron chi connectivity index (χ2n) is 6.74. The van der Waals surface area contributed by atoms with Gasteiger partial charge >= 0.3 is 6.03 Å². The summed E-state index contributed by atoms with van der Waals surface area (Å²) in [7, 11) is 1.41. The summed E-state index contributed by atoms with van der Waals surface area (Å²) in [4.78, 5) is 24.8. The number of carbonyl (C=O) groups is 2. The standard InChI is InChI=1S/C23H21F2N3O3S/c1-31-21-14-17(10-11-20(21)27-22(29)18-4-2-3-5-19(18)25)28(32)23(30)26-13-12-15-6-8-16(24)9-7-15/h2-11,14,32H,12-13H2,1H3,(H,26,30)(H,27,29). The number of amides is 3. The number of anilines is 2. The number of carbonyl (C=O) groups excluding carboxylic acids is 2. The summed E-state index contributed by atoms with van der Waals surface area (Å²) in [5.41, 5.74) is 1.49. The predicted octanol–water partition coefficient (Wildman–Crippen LogP) is 4.83. The molecule has 0 heterocycles. The maximum absolute atomic E-state index is 13.8. The third-order valence-electron chi connectivity index (χ3n) is 4.59. The number of hydrogen-bond donors (Lipinski definition) is 3. The molecule has 166 valence electrons. The van der Waals surface area contributed by atoms with E-state index < -0.39 is 17.8 Å². The van der Waals surface area contributed by atoms with Gasteiger partial charge in [0.2, 0.25) is 0 Å². The van der Waals surface area contributed by atoms with Crippen molar-refractivity contribution < 1.29 is 23.1 Å². The zero-order valence-corrected chi connectivity index (χ0v) is 18.0. The maximum atomic E-state index is 13.8. The Morgan fingerprint density at radius 1 is 1.03 bits per heavy atom. The van der Waals surface area contributed by atoms with Gasteiger partial charge in [-0.15, -0.1) is 0 Å². The van der Waals surface area contributed by atoms with E-state index in [2.05, 4.69) is 23.4 Å². The molecule has 0 fully saturated rings. The zero-order valence-electron chi connectivity index (χ0n) is 17.1. The molecule has 0 aliphatic rings. The van der Waals surface area contributed by atoms with Gasteiger partial charge in [0.25, 0.3) is 5.91 Å². The second-order valence-corrected chi connectivity index (χ2v) is 7.14. The highest BCUT2D eigenvalue weighted by molar-refractivity contribution is 7.82. The van der Waals surface area contributed by atoms with Crippen molar-refractivity contribution in [3.63, 3.8) is 0 Å². The van der Waals surface area contributed by atoms with Gasteiger partial charge in [-0.1, -0.05) is 37.1 Å². The van der Waals surface area contributed by atoms with Crippen molar-refractivity contribution >= 4 is 36.1 Å². The first kappa shape index (κ1) is 23.1. The summed E-state index contributed by atoms with van der Waals surface area (Å²) >= 11 is 4.23. The molecule has 0 bridgehead atoms. The number of methoxy groups -OCH3 is 1. The summed E-state index contributed by atoms with van der Waals surface area (Å²) in [6.45, 7) is 0.329. The monoisotopic (exact) mass is 457 g/mol. The van der Waals surface area contributed by atoms with Gasteiger partial charge in [0, 0.05) is 12.6 Å². The molecule has 0 aromatic heterocycles. The molecular weight excluding hydrogens is 436 g/mol. The molecule has 0 radical (unpaired) electrons. The van der Waals surface area contributed by atoms with Gasteiger partial charge in [-0.3, -0.25) is 4.79 Å². The molecule has 0 saturated heterocycles. The van der Waals surface area contributed by atoms with Crippen molar-refractivity contribution in [3.8, 4) is 5.75 Å². The lowest BCUT2D eigenvalue weighted by Crippen LogP contribution is -2.35. The molecule has 0 saturated carbocycles. The summed E-state index contributed by atoms with van der Waals surface area (Å²) in [5.74, 6) is -1.32.